The fraction of sp³-hybridized carbons (Fsp3) is 0.409. The van der Waals surface area contributed by atoms with Crippen LogP contribution in [-0.4, -0.2) is 30.6 Å². The van der Waals surface area contributed by atoms with Crippen LogP contribution in [0.3, 0.4) is 0 Å². The number of pyridine rings is 1. The number of anilines is 1. The van der Waals surface area contributed by atoms with E-state index in [9.17, 15) is 4.79 Å². The molecule has 2 aromatic rings. The summed E-state index contributed by atoms with van der Waals surface area (Å²) >= 11 is 0. The van der Waals surface area contributed by atoms with Crippen molar-refractivity contribution in [1.82, 2.24) is 10.3 Å². The third kappa shape index (κ3) is 5.23. The van der Waals surface area contributed by atoms with E-state index in [1.165, 1.54) is 0 Å². The summed E-state index contributed by atoms with van der Waals surface area (Å²) in [5, 5.41) is 15.4. The lowest BCUT2D eigenvalue weighted by Crippen LogP contribution is -2.36. The number of ether oxygens (including phenoxy) is 1. The van der Waals surface area contributed by atoms with Crippen LogP contribution in [0.15, 0.2) is 42.5 Å². The molecular formula is C22H26N4O2. The van der Waals surface area contributed by atoms with Crippen LogP contribution in [0.2, 0.25) is 0 Å². The monoisotopic (exact) mass is 378 g/mol. The number of nitrogens with one attached hydrogen (secondary N) is 2. The Morgan fingerprint density at radius 3 is 2.71 bits per heavy atom. The highest BCUT2D eigenvalue weighted by molar-refractivity contribution is 5.78. The van der Waals surface area contributed by atoms with Crippen LogP contribution in [0.1, 0.15) is 36.9 Å². The van der Waals surface area contributed by atoms with Gasteiger partial charge in [0, 0.05) is 18.5 Å². The largest absolute Gasteiger partial charge is 0.496 e. The van der Waals surface area contributed by atoms with Crippen LogP contribution < -0.4 is 15.4 Å². The van der Waals surface area contributed by atoms with Gasteiger partial charge >= 0.3 is 0 Å². The zero-order valence-electron chi connectivity index (χ0n) is 16.1. The van der Waals surface area contributed by atoms with Crippen LogP contribution in [0.25, 0.3) is 0 Å². The minimum absolute atomic E-state index is 0.0640. The molecule has 1 saturated carbocycles. The number of carbonyl (C=O) groups excluding carboxylic acids is 1. The Morgan fingerprint density at radius 1 is 1.18 bits per heavy atom. The molecule has 146 valence electrons. The van der Waals surface area contributed by atoms with E-state index in [0.717, 1.165) is 49.2 Å². The van der Waals surface area contributed by atoms with Gasteiger partial charge in [-0.1, -0.05) is 24.3 Å². The predicted octanol–water partition coefficient (Wildman–Crippen LogP) is 3.29. The van der Waals surface area contributed by atoms with Crippen molar-refractivity contribution < 1.29 is 9.53 Å². The van der Waals surface area contributed by atoms with Crippen molar-refractivity contribution >= 4 is 11.7 Å². The van der Waals surface area contributed by atoms with Crippen molar-refractivity contribution in [3.63, 3.8) is 0 Å². The van der Waals surface area contributed by atoms with Crippen molar-refractivity contribution in [3.8, 4) is 11.8 Å². The zero-order chi connectivity index (χ0) is 19.8. The van der Waals surface area contributed by atoms with Crippen molar-refractivity contribution in [1.29, 1.82) is 5.26 Å². The fourth-order valence-corrected chi connectivity index (χ4v) is 3.66. The number of hydrogen-bond donors (Lipinski definition) is 2. The van der Waals surface area contributed by atoms with E-state index in [-0.39, 0.29) is 11.8 Å². The predicted molar refractivity (Wildman–Crippen MR) is 108 cm³/mol. The highest BCUT2D eigenvalue weighted by Crippen LogP contribution is 2.26. The first-order chi connectivity index (χ1) is 13.7. The van der Waals surface area contributed by atoms with Gasteiger partial charge in [-0.2, -0.15) is 5.26 Å². The normalized spacial score (nSPS) is 18.7. The molecule has 1 amide bonds. The van der Waals surface area contributed by atoms with E-state index in [2.05, 4.69) is 21.7 Å². The van der Waals surface area contributed by atoms with Crippen molar-refractivity contribution in [2.45, 2.75) is 38.1 Å². The fourth-order valence-electron chi connectivity index (χ4n) is 3.66. The molecule has 1 fully saturated rings. The lowest BCUT2D eigenvalue weighted by atomic mass is 9.85. The first-order valence-electron chi connectivity index (χ1n) is 9.73. The standard InChI is InChI=1S/C22H26N4O2/c1-28-20-7-3-2-5-16(20)13-14-24-22(27)17-9-11-18(12-10-17)25-21-8-4-6-19(15-23)26-21/h2-8,17-18H,9-14H2,1H3,(H,24,27)(H,25,26). The molecule has 1 aliphatic carbocycles. The van der Waals surface area contributed by atoms with Gasteiger partial charge < -0.3 is 15.4 Å². The minimum atomic E-state index is 0.0640. The third-order valence-electron chi connectivity index (χ3n) is 5.20. The van der Waals surface area contributed by atoms with E-state index in [4.69, 9.17) is 10.00 Å². The van der Waals surface area contributed by atoms with Crippen LogP contribution in [0.5, 0.6) is 5.75 Å². The molecule has 28 heavy (non-hydrogen) atoms. The smallest absolute Gasteiger partial charge is 0.223 e. The second-order valence-corrected chi connectivity index (χ2v) is 7.07. The number of methoxy groups -OCH3 is 1. The van der Waals surface area contributed by atoms with Crippen molar-refractivity contribution in [3.05, 3.63) is 53.7 Å². The maximum absolute atomic E-state index is 12.5. The Morgan fingerprint density at radius 2 is 1.96 bits per heavy atom. The molecule has 1 heterocycles. The average molecular weight is 378 g/mol. The number of para-hydroxylation sites is 1. The number of rotatable bonds is 7. The van der Waals surface area contributed by atoms with Gasteiger partial charge in [0.2, 0.25) is 5.91 Å². The average Bonchev–Trinajstić information content (AvgIpc) is 2.74. The topological polar surface area (TPSA) is 87.0 Å². The third-order valence-corrected chi connectivity index (χ3v) is 5.20. The molecular weight excluding hydrogens is 352 g/mol. The molecule has 0 aliphatic heterocycles. The van der Waals surface area contributed by atoms with E-state index in [0.29, 0.717) is 18.3 Å². The molecule has 1 aromatic heterocycles. The lowest BCUT2D eigenvalue weighted by molar-refractivity contribution is -0.125. The number of aromatic nitrogens is 1. The Kier molecular flexibility index (Phi) is 6.85. The zero-order valence-corrected chi connectivity index (χ0v) is 16.1. The van der Waals surface area contributed by atoms with Crippen LogP contribution >= 0.6 is 0 Å². The molecule has 6 heteroatoms. The molecule has 1 aliphatic rings. The van der Waals surface area contributed by atoms with Crippen molar-refractivity contribution in [2.75, 3.05) is 19.0 Å². The number of amides is 1. The number of hydrogen-bond acceptors (Lipinski definition) is 5. The summed E-state index contributed by atoms with van der Waals surface area (Å²) in [5.74, 6) is 1.79. The second-order valence-electron chi connectivity index (χ2n) is 7.07. The van der Waals surface area contributed by atoms with E-state index < -0.39 is 0 Å². The van der Waals surface area contributed by atoms with Gasteiger partial charge in [0.1, 0.15) is 23.3 Å². The molecule has 0 radical (unpaired) electrons. The van der Waals surface area contributed by atoms with Gasteiger partial charge in [-0.3, -0.25) is 4.79 Å². The van der Waals surface area contributed by atoms with Crippen LogP contribution in [-0.2, 0) is 11.2 Å². The molecule has 2 N–H and O–H groups in total. The summed E-state index contributed by atoms with van der Waals surface area (Å²) in [5.41, 5.74) is 1.51. The highest BCUT2D eigenvalue weighted by atomic mass is 16.5. The quantitative estimate of drug-likeness (QED) is 0.772. The summed E-state index contributed by atoms with van der Waals surface area (Å²) in [6.45, 7) is 0.613. The first-order valence-corrected chi connectivity index (χ1v) is 9.73. The Hall–Kier alpha value is -3.07. The number of nitriles is 1. The van der Waals surface area contributed by atoms with E-state index in [1.807, 2.05) is 36.4 Å². The number of carbonyl (C=O) groups is 1. The minimum Gasteiger partial charge on any atom is -0.496 e. The Bertz CT molecular complexity index is 838. The Labute approximate surface area is 165 Å². The van der Waals surface area contributed by atoms with Gasteiger partial charge in [0.05, 0.1) is 7.11 Å². The summed E-state index contributed by atoms with van der Waals surface area (Å²) in [7, 11) is 1.66. The second kappa shape index (κ2) is 9.75. The summed E-state index contributed by atoms with van der Waals surface area (Å²) in [6.07, 6.45) is 4.31. The van der Waals surface area contributed by atoms with Gasteiger partial charge in [-0.25, -0.2) is 4.98 Å². The van der Waals surface area contributed by atoms with Gasteiger partial charge in [-0.15, -0.1) is 0 Å². The van der Waals surface area contributed by atoms with Gasteiger partial charge in [0.15, 0.2) is 0 Å². The van der Waals surface area contributed by atoms with Crippen molar-refractivity contribution in [2.24, 2.45) is 5.92 Å². The Balaban J connectivity index is 1.41. The molecule has 3 rings (SSSR count). The number of benzene rings is 1. The van der Waals surface area contributed by atoms with E-state index >= 15 is 0 Å². The summed E-state index contributed by atoms with van der Waals surface area (Å²) < 4.78 is 5.35. The van der Waals surface area contributed by atoms with Crippen LogP contribution in [0.4, 0.5) is 5.82 Å². The summed E-state index contributed by atoms with van der Waals surface area (Å²) in [4.78, 5) is 16.7. The molecule has 0 unspecified atom stereocenters. The van der Waals surface area contributed by atoms with E-state index in [1.54, 1.807) is 13.2 Å². The maximum atomic E-state index is 12.5. The maximum Gasteiger partial charge on any atom is 0.223 e. The summed E-state index contributed by atoms with van der Waals surface area (Å²) in [6, 6.07) is 15.6. The number of nitrogens with zero attached hydrogens (tertiary/aromatic N) is 2. The molecule has 6 nitrogen and oxygen atoms in total. The van der Waals surface area contributed by atoms with Gasteiger partial charge in [0.25, 0.3) is 0 Å². The molecule has 0 bridgehead atoms. The molecule has 1 aromatic carbocycles. The first kappa shape index (κ1) is 19.7. The SMILES string of the molecule is COc1ccccc1CCNC(=O)C1CCC(Nc2cccc(C#N)n2)CC1. The molecule has 0 saturated heterocycles. The molecule has 0 spiro atoms. The highest BCUT2D eigenvalue weighted by Gasteiger charge is 2.26. The molecule has 0 atom stereocenters. The van der Waals surface area contributed by atoms with Gasteiger partial charge in [-0.05, 0) is 55.9 Å². The lowest BCUT2D eigenvalue weighted by Gasteiger charge is -2.28. The van der Waals surface area contributed by atoms with Crippen LogP contribution in [0, 0.1) is 17.2 Å².